The number of carbonyl (C=O) groups is 4. The van der Waals surface area contributed by atoms with Crippen LogP contribution in [0.25, 0.3) is 0 Å². The number of amides is 3. The third-order valence-electron chi connectivity index (χ3n) is 3.00. The fourth-order valence-corrected chi connectivity index (χ4v) is 1.78. The van der Waals surface area contributed by atoms with Gasteiger partial charge in [-0.05, 0) is 6.42 Å². The molecular weight excluding hydrogens is 288 g/mol. The summed E-state index contributed by atoms with van der Waals surface area (Å²) in [4.78, 5) is 46.4. The van der Waals surface area contributed by atoms with Crippen molar-refractivity contribution in [3.63, 3.8) is 0 Å². The number of nitrogens with one attached hydrogen (secondary N) is 1. The number of hydrogen-bond donors (Lipinski definition) is 1. The molecule has 1 N–H and O–H groups in total. The second kappa shape index (κ2) is 9.83. The number of carbonyl (C=O) groups excluding carboxylic acids is 4. The van der Waals surface area contributed by atoms with Crippen molar-refractivity contribution in [2.45, 2.75) is 32.6 Å². The summed E-state index contributed by atoms with van der Waals surface area (Å²) in [5.41, 5.74) is 0. The molecule has 0 bridgehead atoms. The van der Waals surface area contributed by atoms with Crippen LogP contribution in [0.1, 0.15) is 34.0 Å². The van der Waals surface area contributed by atoms with Gasteiger partial charge in [-0.3, -0.25) is 24.1 Å². The zero-order valence-electron chi connectivity index (χ0n) is 13.5. The Balaban J connectivity index is 2.00. The molecule has 0 aromatic rings. The molecule has 1 aliphatic heterocycles. The van der Waals surface area contributed by atoms with Crippen LogP contribution in [0, 0.1) is 0 Å². The van der Waals surface area contributed by atoms with Crippen LogP contribution in [0.4, 0.5) is 0 Å². The molecule has 1 rings (SSSR count). The van der Waals surface area contributed by atoms with Crippen LogP contribution in [0.5, 0.6) is 0 Å². The van der Waals surface area contributed by atoms with E-state index in [9.17, 15) is 19.2 Å². The number of hydrogen-bond acceptors (Lipinski definition) is 5. The molecule has 1 aliphatic rings. The van der Waals surface area contributed by atoms with Crippen LogP contribution in [-0.4, -0.2) is 54.7 Å². The highest BCUT2D eigenvalue weighted by atomic mass is 16.5. The van der Waals surface area contributed by atoms with Crippen molar-refractivity contribution in [1.82, 2.24) is 10.2 Å². The van der Waals surface area contributed by atoms with Crippen molar-refractivity contribution >= 4 is 23.5 Å². The van der Waals surface area contributed by atoms with Gasteiger partial charge in [0.05, 0.1) is 13.2 Å². The Morgan fingerprint density at radius 2 is 1.95 bits per heavy atom. The van der Waals surface area contributed by atoms with E-state index in [0.29, 0.717) is 26.3 Å². The topological polar surface area (TPSA) is 92.8 Å². The highest BCUT2D eigenvalue weighted by Crippen LogP contribution is 2.02. The van der Waals surface area contributed by atoms with Gasteiger partial charge in [0, 0.05) is 32.9 Å². The minimum absolute atomic E-state index is 0.112. The SMILES string of the molecule is [2H]CCCCC(=O)CCOCCNC(=O)CN1C(=O)C=CC1=O. The van der Waals surface area contributed by atoms with Crippen molar-refractivity contribution in [2.75, 3.05) is 26.3 Å². The van der Waals surface area contributed by atoms with E-state index in [1.807, 2.05) is 0 Å². The molecule has 0 saturated carbocycles. The van der Waals surface area contributed by atoms with Gasteiger partial charge in [0.25, 0.3) is 11.8 Å². The van der Waals surface area contributed by atoms with Gasteiger partial charge < -0.3 is 10.1 Å². The Morgan fingerprint density at radius 3 is 2.64 bits per heavy atom. The van der Waals surface area contributed by atoms with E-state index in [2.05, 4.69) is 5.32 Å². The minimum Gasteiger partial charge on any atom is -0.379 e. The third-order valence-corrected chi connectivity index (χ3v) is 3.00. The molecule has 122 valence electrons. The summed E-state index contributed by atoms with van der Waals surface area (Å²) in [7, 11) is 0. The fourth-order valence-electron chi connectivity index (χ4n) is 1.78. The largest absolute Gasteiger partial charge is 0.379 e. The molecule has 0 aliphatic carbocycles. The van der Waals surface area contributed by atoms with Crippen molar-refractivity contribution < 1.29 is 25.3 Å². The molecule has 7 nitrogen and oxygen atoms in total. The zero-order chi connectivity index (χ0) is 17.1. The van der Waals surface area contributed by atoms with Crippen molar-refractivity contribution in [2.24, 2.45) is 0 Å². The number of imide groups is 1. The summed E-state index contributed by atoms with van der Waals surface area (Å²) in [5, 5.41) is 2.54. The second-order valence-electron chi connectivity index (χ2n) is 4.80. The number of Topliss-reactive ketones (excluding diaryl/α,β-unsaturated/α-hetero) is 1. The van der Waals surface area contributed by atoms with Crippen molar-refractivity contribution in [1.29, 1.82) is 0 Å². The van der Waals surface area contributed by atoms with Gasteiger partial charge in [0.1, 0.15) is 12.3 Å². The summed E-state index contributed by atoms with van der Waals surface area (Å²) < 4.78 is 12.2. The highest BCUT2D eigenvalue weighted by Gasteiger charge is 2.25. The molecule has 0 aromatic carbocycles. The van der Waals surface area contributed by atoms with E-state index >= 15 is 0 Å². The average Bonchev–Trinajstić information content (AvgIpc) is 2.83. The van der Waals surface area contributed by atoms with Crippen LogP contribution >= 0.6 is 0 Å². The van der Waals surface area contributed by atoms with Crippen LogP contribution < -0.4 is 5.32 Å². The number of ether oxygens (including phenoxy) is 1. The summed E-state index contributed by atoms with van der Waals surface area (Å²) >= 11 is 0. The third kappa shape index (κ3) is 6.62. The molecular formula is C15H22N2O5. The lowest BCUT2D eigenvalue weighted by molar-refractivity contribution is -0.141. The van der Waals surface area contributed by atoms with Gasteiger partial charge >= 0.3 is 0 Å². The van der Waals surface area contributed by atoms with Crippen LogP contribution in [0.3, 0.4) is 0 Å². The summed E-state index contributed by atoms with van der Waals surface area (Å²) in [5.74, 6) is -1.32. The van der Waals surface area contributed by atoms with Crippen LogP contribution in [-0.2, 0) is 23.9 Å². The molecule has 0 atom stereocenters. The second-order valence-corrected chi connectivity index (χ2v) is 4.80. The molecule has 0 fully saturated rings. The molecule has 3 amide bonds. The van der Waals surface area contributed by atoms with Crippen molar-refractivity contribution in [3.05, 3.63) is 12.2 Å². The number of unbranched alkanes of at least 4 members (excludes halogenated alkanes) is 1. The van der Waals surface area contributed by atoms with E-state index in [1.165, 1.54) is 0 Å². The summed E-state index contributed by atoms with van der Waals surface area (Å²) in [6.45, 7) is 0.831. The summed E-state index contributed by atoms with van der Waals surface area (Å²) in [6.07, 6.45) is 4.52. The molecule has 7 heteroatoms. The molecule has 0 saturated heterocycles. The monoisotopic (exact) mass is 311 g/mol. The first-order valence-electron chi connectivity index (χ1n) is 7.94. The normalized spacial score (nSPS) is 14.4. The van der Waals surface area contributed by atoms with E-state index < -0.39 is 17.7 Å². The van der Waals surface area contributed by atoms with Gasteiger partial charge in [0.2, 0.25) is 5.91 Å². The molecule has 0 spiro atoms. The van der Waals surface area contributed by atoms with E-state index in [0.717, 1.165) is 29.9 Å². The number of rotatable bonds is 11. The van der Waals surface area contributed by atoms with Gasteiger partial charge in [0.15, 0.2) is 0 Å². The quantitative estimate of drug-likeness (QED) is 0.434. The van der Waals surface area contributed by atoms with Crippen molar-refractivity contribution in [3.8, 4) is 0 Å². The zero-order valence-corrected chi connectivity index (χ0v) is 12.5. The van der Waals surface area contributed by atoms with Gasteiger partial charge in [-0.2, -0.15) is 0 Å². The lowest BCUT2D eigenvalue weighted by Crippen LogP contribution is -2.41. The molecule has 0 aromatic heterocycles. The number of ketones is 1. The molecule has 1 heterocycles. The Morgan fingerprint density at radius 1 is 1.23 bits per heavy atom. The minimum atomic E-state index is -0.495. The standard InChI is InChI=1S/C15H22N2O5/c1-2-3-4-12(18)7-9-22-10-8-16-13(19)11-17-14(20)5-6-15(17)21/h5-6H,2-4,7-11H2,1H3,(H,16,19)/i1D. The molecule has 22 heavy (non-hydrogen) atoms. The Kier molecular flexibility index (Phi) is 7.31. The highest BCUT2D eigenvalue weighted by molar-refractivity contribution is 6.14. The van der Waals surface area contributed by atoms with Crippen LogP contribution in [0.15, 0.2) is 12.2 Å². The smallest absolute Gasteiger partial charge is 0.254 e. The van der Waals surface area contributed by atoms with Gasteiger partial charge in [-0.1, -0.05) is 13.3 Å². The summed E-state index contributed by atoms with van der Waals surface area (Å²) in [6, 6.07) is 0. The maximum Gasteiger partial charge on any atom is 0.254 e. The Bertz CT molecular complexity index is 460. The van der Waals surface area contributed by atoms with Crippen LogP contribution in [0.2, 0.25) is 0 Å². The first-order valence-corrected chi connectivity index (χ1v) is 7.23. The Labute approximate surface area is 131 Å². The van der Waals surface area contributed by atoms with E-state index in [1.54, 1.807) is 0 Å². The first-order chi connectivity index (χ1) is 11.0. The van der Waals surface area contributed by atoms with Gasteiger partial charge in [-0.15, -0.1) is 0 Å². The first kappa shape index (κ1) is 16.4. The molecule has 0 unspecified atom stereocenters. The Hall–Kier alpha value is -2.02. The lowest BCUT2D eigenvalue weighted by atomic mass is 10.1. The van der Waals surface area contributed by atoms with Gasteiger partial charge in [-0.25, -0.2) is 0 Å². The number of nitrogens with zero attached hydrogens (tertiary/aromatic N) is 1. The predicted molar refractivity (Wildman–Crippen MR) is 78.8 cm³/mol. The van der Waals surface area contributed by atoms with E-state index in [-0.39, 0.29) is 25.5 Å². The maximum absolute atomic E-state index is 11.6. The predicted octanol–water partition coefficient (Wildman–Crippen LogP) is 0.194. The maximum atomic E-state index is 11.6. The lowest BCUT2D eigenvalue weighted by Gasteiger charge is -2.13. The fraction of sp³-hybridized carbons (Fsp3) is 0.600. The van der Waals surface area contributed by atoms with E-state index in [4.69, 9.17) is 6.11 Å². The average molecular weight is 311 g/mol. The molecule has 0 radical (unpaired) electrons.